The summed E-state index contributed by atoms with van der Waals surface area (Å²) in [6, 6.07) is 13.7. The molecule has 1 aromatic carbocycles. The summed E-state index contributed by atoms with van der Waals surface area (Å²) in [5, 5.41) is 8.98. The van der Waals surface area contributed by atoms with E-state index in [1.807, 2.05) is 43.3 Å². The summed E-state index contributed by atoms with van der Waals surface area (Å²) in [6.45, 7) is 1.97. The maximum Gasteiger partial charge on any atom is 0.209 e. The fourth-order valence-corrected chi connectivity index (χ4v) is 4.96. The highest BCUT2D eigenvalue weighted by Gasteiger charge is 2.21. The molecule has 0 atom stereocenters. The molecule has 198 valence electrons. The first-order valence-corrected chi connectivity index (χ1v) is 14.1. The lowest BCUT2D eigenvalue weighted by molar-refractivity contribution is 0.586. The van der Waals surface area contributed by atoms with E-state index in [1.54, 1.807) is 24.5 Å². The van der Waals surface area contributed by atoms with Crippen molar-refractivity contribution in [2.24, 2.45) is 0 Å². The maximum atomic E-state index is 14.6. The second kappa shape index (κ2) is 10.4. The molecular formula is C29H27FN6O2S. The molecule has 0 saturated carbocycles. The molecule has 3 heterocycles. The van der Waals surface area contributed by atoms with Crippen molar-refractivity contribution in [1.29, 1.82) is 5.41 Å². The molecule has 39 heavy (non-hydrogen) atoms. The normalized spacial score (nSPS) is 13.3. The number of H-pyrrole nitrogens is 1. The number of aromatic amines is 1. The third-order valence-electron chi connectivity index (χ3n) is 6.40. The highest BCUT2D eigenvalue weighted by molar-refractivity contribution is 7.88. The van der Waals surface area contributed by atoms with Gasteiger partial charge in [0.05, 0.1) is 23.4 Å². The quantitative estimate of drug-likeness (QED) is 0.253. The highest BCUT2D eigenvalue weighted by Crippen LogP contribution is 2.33. The van der Waals surface area contributed by atoms with Gasteiger partial charge in [0.1, 0.15) is 11.6 Å². The summed E-state index contributed by atoms with van der Waals surface area (Å²) in [7, 11) is -3.44. The minimum absolute atomic E-state index is 0.0273. The van der Waals surface area contributed by atoms with Crippen LogP contribution in [-0.4, -0.2) is 35.3 Å². The fraction of sp³-hybridized carbons (Fsp3) is 0.138. The van der Waals surface area contributed by atoms with Gasteiger partial charge < -0.3 is 10.7 Å². The number of rotatable bonds is 7. The van der Waals surface area contributed by atoms with E-state index < -0.39 is 15.8 Å². The van der Waals surface area contributed by atoms with Crippen LogP contribution < -0.4 is 10.5 Å². The van der Waals surface area contributed by atoms with Gasteiger partial charge in [-0.05, 0) is 66.1 Å². The van der Waals surface area contributed by atoms with Gasteiger partial charge in [-0.3, -0.25) is 10.4 Å². The monoisotopic (exact) mass is 542 g/mol. The van der Waals surface area contributed by atoms with Gasteiger partial charge in [0.15, 0.2) is 0 Å². The Morgan fingerprint density at radius 1 is 1.13 bits per heavy atom. The van der Waals surface area contributed by atoms with Crippen molar-refractivity contribution in [3.05, 3.63) is 118 Å². The third-order valence-corrected chi connectivity index (χ3v) is 7.07. The summed E-state index contributed by atoms with van der Waals surface area (Å²) in [6.07, 6.45) is 8.90. The van der Waals surface area contributed by atoms with Gasteiger partial charge in [0.2, 0.25) is 10.0 Å². The minimum Gasteiger partial charge on any atom is -0.383 e. The number of halogens is 1. The smallest absolute Gasteiger partial charge is 0.209 e. The van der Waals surface area contributed by atoms with Crippen LogP contribution in [0.3, 0.4) is 0 Å². The summed E-state index contributed by atoms with van der Waals surface area (Å²) < 4.78 is 40.2. The standard InChI is InChI=1S/C29H27FN6O2S/c1-17-6-7-22(19-10-18(11-21(30)12-19)15-35-39(2,37)38)23-14-27(36-26(23)9-17)28(31)24-13-20(16-34-29(24)32)25-5-3-4-8-33-25/h3-8,10-14,16,31,35-36H,9,15H2,1-2H3,(H2,32,34). The SMILES string of the molecule is CC1=CC=C(c2cc(F)cc(CNS(C)(=O)=O)c2)c2cc(C(=N)c3cc(-c4ccccn4)cnc3N)[nH]c2C1. The van der Waals surface area contributed by atoms with Crippen LogP contribution in [0.5, 0.6) is 0 Å². The van der Waals surface area contributed by atoms with Crippen LogP contribution in [0.2, 0.25) is 0 Å². The van der Waals surface area contributed by atoms with Crippen molar-refractivity contribution in [2.75, 3.05) is 12.0 Å². The Morgan fingerprint density at radius 3 is 2.69 bits per heavy atom. The molecule has 0 bridgehead atoms. The molecule has 4 aromatic rings. The molecule has 10 heteroatoms. The topological polar surface area (TPSA) is 138 Å². The molecule has 0 amide bonds. The zero-order valence-electron chi connectivity index (χ0n) is 21.4. The predicted molar refractivity (Wildman–Crippen MR) is 151 cm³/mol. The summed E-state index contributed by atoms with van der Waals surface area (Å²) in [5.41, 5.74) is 13.5. The molecule has 0 unspecified atom stereocenters. The lowest BCUT2D eigenvalue weighted by atomic mass is 9.95. The van der Waals surface area contributed by atoms with Crippen LogP contribution in [-0.2, 0) is 23.0 Å². The maximum absolute atomic E-state index is 14.6. The first-order valence-electron chi connectivity index (χ1n) is 12.2. The highest BCUT2D eigenvalue weighted by atomic mass is 32.2. The Morgan fingerprint density at radius 2 is 1.95 bits per heavy atom. The molecule has 0 radical (unpaired) electrons. The van der Waals surface area contributed by atoms with Crippen molar-refractivity contribution in [1.82, 2.24) is 19.7 Å². The van der Waals surface area contributed by atoms with Gasteiger partial charge in [-0.2, -0.15) is 0 Å². The Labute approximate surface area is 226 Å². The molecular weight excluding hydrogens is 515 g/mol. The van der Waals surface area contributed by atoms with Gasteiger partial charge >= 0.3 is 0 Å². The van der Waals surface area contributed by atoms with Crippen LogP contribution in [0, 0.1) is 11.2 Å². The average Bonchev–Trinajstić information content (AvgIpc) is 3.23. The molecule has 0 spiro atoms. The Bertz CT molecular complexity index is 1760. The molecule has 0 aliphatic heterocycles. The Hall–Kier alpha value is -4.41. The van der Waals surface area contributed by atoms with E-state index >= 15 is 0 Å². The number of nitrogens with two attached hydrogens (primary N) is 1. The van der Waals surface area contributed by atoms with Crippen LogP contribution in [0.25, 0.3) is 16.8 Å². The van der Waals surface area contributed by atoms with Gasteiger partial charge in [-0.15, -0.1) is 0 Å². The van der Waals surface area contributed by atoms with Gasteiger partial charge in [-0.25, -0.2) is 22.5 Å². The number of nitrogens with one attached hydrogen (secondary N) is 3. The number of benzene rings is 1. The number of fused-ring (bicyclic) bond motifs is 1. The first-order chi connectivity index (χ1) is 18.6. The van der Waals surface area contributed by atoms with Crippen molar-refractivity contribution >= 4 is 27.1 Å². The Balaban J connectivity index is 1.54. The molecule has 1 aliphatic carbocycles. The number of allylic oxidation sites excluding steroid dienone is 3. The van der Waals surface area contributed by atoms with Crippen LogP contribution in [0.1, 0.15) is 40.6 Å². The largest absolute Gasteiger partial charge is 0.383 e. The van der Waals surface area contributed by atoms with E-state index in [0.717, 1.165) is 39.9 Å². The fourth-order valence-electron chi connectivity index (χ4n) is 4.53. The first kappa shape index (κ1) is 26.2. The van der Waals surface area contributed by atoms with E-state index in [0.29, 0.717) is 28.8 Å². The third kappa shape index (κ3) is 5.87. The molecule has 1 aliphatic rings. The van der Waals surface area contributed by atoms with Crippen molar-refractivity contribution in [3.63, 3.8) is 0 Å². The predicted octanol–water partition coefficient (Wildman–Crippen LogP) is 4.59. The molecule has 3 aromatic heterocycles. The van der Waals surface area contributed by atoms with E-state index in [1.165, 1.54) is 12.1 Å². The number of nitrogen functional groups attached to an aromatic ring is 1. The number of aromatic nitrogens is 3. The number of pyridine rings is 2. The van der Waals surface area contributed by atoms with E-state index in [-0.39, 0.29) is 18.1 Å². The van der Waals surface area contributed by atoms with Crippen LogP contribution in [0.4, 0.5) is 10.2 Å². The van der Waals surface area contributed by atoms with E-state index in [4.69, 9.17) is 11.1 Å². The second-order valence-corrected chi connectivity index (χ2v) is 11.4. The van der Waals surface area contributed by atoms with Gasteiger partial charge in [0, 0.05) is 47.7 Å². The van der Waals surface area contributed by atoms with Crippen LogP contribution in [0.15, 0.2) is 78.6 Å². The molecule has 8 nitrogen and oxygen atoms in total. The van der Waals surface area contributed by atoms with Gasteiger partial charge in [-0.1, -0.05) is 23.8 Å². The molecule has 0 fully saturated rings. The van der Waals surface area contributed by atoms with Crippen molar-refractivity contribution < 1.29 is 12.8 Å². The number of sulfonamides is 1. The number of nitrogens with zero attached hydrogens (tertiary/aromatic N) is 2. The van der Waals surface area contributed by atoms with Gasteiger partial charge in [0.25, 0.3) is 0 Å². The van der Waals surface area contributed by atoms with Crippen molar-refractivity contribution in [2.45, 2.75) is 19.9 Å². The van der Waals surface area contributed by atoms with Crippen molar-refractivity contribution in [3.8, 4) is 11.3 Å². The minimum atomic E-state index is -3.44. The summed E-state index contributed by atoms with van der Waals surface area (Å²) in [5.74, 6) is -0.247. The van der Waals surface area contributed by atoms with Crippen LogP contribution >= 0.6 is 0 Å². The van der Waals surface area contributed by atoms with E-state index in [2.05, 4.69) is 19.7 Å². The van der Waals surface area contributed by atoms with E-state index in [9.17, 15) is 12.8 Å². The molecule has 5 N–H and O–H groups in total. The zero-order chi connectivity index (χ0) is 27.7. The Kier molecular flexibility index (Phi) is 6.98. The average molecular weight is 543 g/mol. The lowest BCUT2D eigenvalue weighted by Gasteiger charge is -2.11. The molecule has 0 saturated heterocycles. The zero-order valence-corrected chi connectivity index (χ0v) is 22.2. The molecule has 5 rings (SSSR count). The number of anilines is 1. The number of hydrogen-bond donors (Lipinski definition) is 4. The lowest BCUT2D eigenvalue weighted by Crippen LogP contribution is -2.21. The summed E-state index contributed by atoms with van der Waals surface area (Å²) in [4.78, 5) is 12.0. The second-order valence-electron chi connectivity index (χ2n) is 9.53. The summed E-state index contributed by atoms with van der Waals surface area (Å²) >= 11 is 0. The number of hydrogen-bond acceptors (Lipinski definition) is 6.